The summed E-state index contributed by atoms with van der Waals surface area (Å²) in [5, 5.41) is 0. The maximum Gasteiger partial charge on any atom is 0.125 e. The zero-order chi connectivity index (χ0) is 10.7. The van der Waals surface area contributed by atoms with Crippen LogP contribution in [-0.2, 0) is 0 Å². The van der Waals surface area contributed by atoms with Crippen LogP contribution in [0.4, 0.5) is 10.1 Å². The van der Waals surface area contributed by atoms with E-state index >= 15 is 0 Å². The minimum Gasteiger partial charge on any atom is -0.370 e. The summed E-state index contributed by atoms with van der Waals surface area (Å²) in [5.74, 6) is -0.148. The van der Waals surface area contributed by atoms with E-state index in [0.717, 1.165) is 38.3 Å². The average molecular weight is 208 g/mol. The van der Waals surface area contributed by atoms with Crippen LogP contribution in [0.5, 0.6) is 0 Å². The number of halogens is 1. The Hall–Kier alpha value is -1.09. The molecule has 1 aromatic carbocycles. The topological polar surface area (TPSA) is 6.48 Å². The van der Waals surface area contributed by atoms with Crippen LogP contribution in [-0.4, -0.2) is 38.1 Å². The van der Waals surface area contributed by atoms with Crippen molar-refractivity contribution in [3.63, 3.8) is 0 Å². The first-order valence-electron chi connectivity index (χ1n) is 5.45. The molecular formula is C12H17FN2. The van der Waals surface area contributed by atoms with Crippen LogP contribution in [0.2, 0.25) is 0 Å². The Morgan fingerprint density at radius 1 is 1.13 bits per heavy atom. The number of benzene rings is 1. The summed E-state index contributed by atoms with van der Waals surface area (Å²) in [7, 11) is 2.13. The van der Waals surface area contributed by atoms with Crippen molar-refractivity contribution in [2.45, 2.75) is 6.42 Å². The molecule has 1 aromatic rings. The van der Waals surface area contributed by atoms with Crippen LogP contribution in [0, 0.1) is 5.82 Å². The lowest BCUT2D eigenvalue weighted by Crippen LogP contribution is -2.28. The van der Waals surface area contributed by atoms with Crippen molar-refractivity contribution in [1.82, 2.24) is 4.90 Å². The summed E-state index contributed by atoms with van der Waals surface area (Å²) in [5.41, 5.74) is 1.00. The molecule has 15 heavy (non-hydrogen) atoms. The second-order valence-electron chi connectivity index (χ2n) is 4.12. The third-order valence-electron chi connectivity index (χ3n) is 2.89. The fourth-order valence-corrected chi connectivity index (χ4v) is 1.98. The van der Waals surface area contributed by atoms with Gasteiger partial charge in [0, 0.05) is 25.3 Å². The molecule has 0 atom stereocenters. The molecule has 1 aliphatic rings. The van der Waals surface area contributed by atoms with Gasteiger partial charge in [0.1, 0.15) is 5.82 Å². The van der Waals surface area contributed by atoms with Gasteiger partial charge in [-0.1, -0.05) is 6.07 Å². The van der Waals surface area contributed by atoms with Gasteiger partial charge in [0.25, 0.3) is 0 Å². The zero-order valence-corrected chi connectivity index (χ0v) is 9.12. The number of nitrogens with zero attached hydrogens (tertiary/aromatic N) is 2. The SMILES string of the molecule is CN1CCCN(c2cccc(F)c2)CC1. The largest absolute Gasteiger partial charge is 0.370 e. The van der Waals surface area contributed by atoms with E-state index in [1.165, 1.54) is 6.07 Å². The standard InChI is InChI=1S/C12H17FN2/c1-14-6-3-7-15(9-8-14)12-5-2-4-11(13)10-12/h2,4-5,10H,3,6-9H2,1H3. The van der Waals surface area contributed by atoms with E-state index in [1.54, 1.807) is 12.1 Å². The van der Waals surface area contributed by atoms with Gasteiger partial charge >= 0.3 is 0 Å². The molecule has 1 heterocycles. The number of rotatable bonds is 1. The van der Waals surface area contributed by atoms with Gasteiger partial charge in [-0.15, -0.1) is 0 Å². The molecule has 3 heteroatoms. The first kappa shape index (κ1) is 10.4. The molecule has 0 saturated carbocycles. The monoisotopic (exact) mass is 208 g/mol. The molecular weight excluding hydrogens is 191 g/mol. The van der Waals surface area contributed by atoms with E-state index in [2.05, 4.69) is 16.8 Å². The van der Waals surface area contributed by atoms with Crippen molar-refractivity contribution in [2.75, 3.05) is 38.1 Å². The van der Waals surface area contributed by atoms with Crippen LogP contribution in [0.3, 0.4) is 0 Å². The van der Waals surface area contributed by atoms with Crippen LogP contribution < -0.4 is 4.90 Å². The van der Waals surface area contributed by atoms with Crippen LogP contribution in [0.1, 0.15) is 6.42 Å². The van der Waals surface area contributed by atoms with Crippen LogP contribution in [0.15, 0.2) is 24.3 Å². The van der Waals surface area contributed by atoms with Crippen molar-refractivity contribution < 1.29 is 4.39 Å². The molecule has 1 saturated heterocycles. The number of anilines is 1. The highest BCUT2D eigenvalue weighted by atomic mass is 19.1. The molecule has 2 rings (SSSR count). The normalized spacial score (nSPS) is 18.9. The third kappa shape index (κ3) is 2.69. The van der Waals surface area contributed by atoms with Crippen molar-refractivity contribution in [3.05, 3.63) is 30.1 Å². The number of hydrogen-bond acceptors (Lipinski definition) is 2. The van der Waals surface area contributed by atoms with E-state index in [1.807, 2.05) is 6.07 Å². The van der Waals surface area contributed by atoms with Crippen molar-refractivity contribution >= 4 is 5.69 Å². The summed E-state index contributed by atoms with van der Waals surface area (Å²) in [6.45, 7) is 4.19. The molecule has 0 amide bonds. The quantitative estimate of drug-likeness (QED) is 0.696. The summed E-state index contributed by atoms with van der Waals surface area (Å²) in [6.07, 6.45) is 1.15. The Bertz CT molecular complexity index is 327. The minimum absolute atomic E-state index is 0.148. The fraction of sp³-hybridized carbons (Fsp3) is 0.500. The highest BCUT2D eigenvalue weighted by molar-refractivity contribution is 5.46. The molecule has 0 radical (unpaired) electrons. The van der Waals surface area contributed by atoms with E-state index in [-0.39, 0.29) is 5.82 Å². The zero-order valence-electron chi connectivity index (χ0n) is 9.12. The Morgan fingerprint density at radius 2 is 2.00 bits per heavy atom. The maximum absolute atomic E-state index is 13.1. The molecule has 0 N–H and O–H groups in total. The molecule has 0 aliphatic carbocycles. The Balaban J connectivity index is 2.09. The van der Waals surface area contributed by atoms with Gasteiger partial charge in [-0.05, 0) is 38.2 Å². The lowest BCUT2D eigenvalue weighted by Gasteiger charge is -2.22. The van der Waals surface area contributed by atoms with E-state index < -0.39 is 0 Å². The highest BCUT2D eigenvalue weighted by Crippen LogP contribution is 2.17. The molecule has 0 unspecified atom stereocenters. The van der Waals surface area contributed by atoms with Gasteiger partial charge in [-0.3, -0.25) is 0 Å². The van der Waals surface area contributed by atoms with Crippen LogP contribution >= 0.6 is 0 Å². The Labute approximate surface area is 90.3 Å². The average Bonchev–Trinajstić information content (AvgIpc) is 2.43. The molecule has 2 nitrogen and oxygen atoms in total. The smallest absolute Gasteiger partial charge is 0.125 e. The fourth-order valence-electron chi connectivity index (χ4n) is 1.98. The molecule has 82 valence electrons. The van der Waals surface area contributed by atoms with Gasteiger partial charge in [-0.25, -0.2) is 4.39 Å². The molecule has 0 spiro atoms. The summed E-state index contributed by atoms with van der Waals surface area (Å²) in [4.78, 5) is 4.58. The first-order chi connectivity index (χ1) is 7.25. The number of hydrogen-bond donors (Lipinski definition) is 0. The lowest BCUT2D eigenvalue weighted by atomic mass is 10.2. The van der Waals surface area contributed by atoms with E-state index in [0.29, 0.717) is 0 Å². The molecule has 0 aromatic heterocycles. The summed E-state index contributed by atoms with van der Waals surface area (Å²) < 4.78 is 13.1. The van der Waals surface area contributed by atoms with Crippen molar-refractivity contribution in [3.8, 4) is 0 Å². The van der Waals surface area contributed by atoms with Gasteiger partial charge in [0.15, 0.2) is 0 Å². The van der Waals surface area contributed by atoms with Crippen LogP contribution in [0.25, 0.3) is 0 Å². The van der Waals surface area contributed by atoms with E-state index in [9.17, 15) is 4.39 Å². The maximum atomic E-state index is 13.1. The van der Waals surface area contributed by atoms with Crippen molar-refractivity contribution in [1.29, 1.82) is 0 Å². The molecule has 1 aliphatic heterocycles. The first-order valence-corrected chi connectivity index (χ1v) is 5.45. The van der Waals surface area contributed by atoms with Gasteiger partial charge in [0.2, 0.25) is 0 Å². The minimum atomic E-state index is -0.148. The summed E-state index contributed by atoms with van der Waals surface area (Å²) >= 11 is 0. The lowest BCUT2D eigenvalue weighted by molar-refractivity contribution is 0.360. The summed E-state index contributed by atoms with van der Waals surface area (Å²) in [6, 6.07) is 6.87. The van der Waals surface area contributed by atoms with Crippen molar-refractivity contribution in [2.24, 2.45) is 0 Å². The van der Waals surface area contributed by atoms with E-state index in [4.69, 9.17) is 0 Å². The third-order valence-corrected chi connectivity index (χ3v) is 2.89. The second-order valence-corrected chi connectivity index (χ2v) is 4.12. The van der Waals surface area contributed by atoms with Gasteiger partial charge in [0.05, 0.1) is 0 Å². The Kier molecular flexibility index (Phi) is 3.21. The number of likely N-dealkylation sites (N-methyl/N-ethyl adjacent to an activating group) is 1. The second kappa shape index (κ2) is 4.62. The predicted octanol–water partition coefficient (Wildman–Crippen LogP) is 1.97. The molecule has 0 bridgehead atoms. The van der Waals surface area contributed by atoms with Gasteiger partial charge < -0.3 is 9.80 Å². The molecule has 1 fully saturated rings. The van der Waals surface area contributed by atoms with Gasteiger partial charge in [-0.2, -0.15) is 0 Å². The highest BCUT2D eigenvalue weighted by Gasteiger charge is 2.12. The Morgan fingerprint density at radius 3 is 2.80 bits per heavy atom. The predicted molar refractivity (Wildman–Crippen MR) is 60.7 cm³/mol.